The lowest BCUT2D eigenvalue weighted by Crippen LogP contribution is -2.35. The Hall–Kier alpha value is -2.02. The van der Waals surface area contributed by atoms with Crippen LogP contribution >= 0.6 is 0 Å². The zero-order chi connectivity index (χ0) is 16.0. The molecule has 0 heterocycles. The molecule has 1 amide bonds. The summed E-state index contributed by atoms with van der Waals surface area (Å²) >= 11 is 0. The number of likely N-dealkylation sites (N-methyl/N-ethyl adjacent to an activating group) is 1. The summed E-state index contributed by atoms with van der Waals surface area (Å²) in [4.78, 5) is 24.7. The van der Waals surface area contributed by atoms with Crippen molar-refractivity contribution in [3.05, 3.63) is 29.8 Å². The second-order valence-electron chi connectivity index (χ2n) is 4.80. The van der Waals surface area contributed by atoms with Gasteiger partial charge in [0, 0.05) is 18.3 Å². The fourth-order valence-corrected chi connectivity index (χ4v) is 1.83. The summed E-state index contributed by atoms with van der Waals surface area (Å²) in [6.45, 7) is 2.05. The maximum absolute atomic E-state index is 13.0. The van der Waals surface area contributed by atoms with Gasteiger partial charge in [-0.1, -0.05) is 6.92 Å². The van der Waals surface area contributed by atoms with Crippen molar-refractivity contribution in [3.8, 4) is 0 Å². The van der Waals surface area contributed by atoms with Gasteiger partial charge in [0.05, 0.1) is 19.6 Å². The van der Waals surface area contributed by atoms with Gasteiger partial charge in [0.25, 0.3) is 0 Å². The Morgan fingerprint density at radius 3 is 2.57 bits per heavy atom. The van der Waals surface area contributed by atoms with E-state index in [4.69, 9.17) is 0 Å². The van der Waals surface area contributed by atoms with E-state index in [0.29, 0.717) is 6.54 Å². The number of amides is 1. The predicted octanol–water partition coefficient (Wildman–Crippen LogP) is 1.64. The van der Waals surface area contributed by atoms with E-state index in [0.717, 1.165) is 12.1 Å². The van der Waals surface area contributed by atoms with E-state index in [-0.39, 0.29) is 30.0 Å². The maximum atomic E-state index is 13.0. The maximum Gasteiger partial charge on any atom is 0.309 e. The van der Waals surface area contributed by atoms with Crippen molar-refractivity contribution in [2.45, 2.75) is 6.92 Å². The molecule has 1 aromatic carbocycles. The Kier molecular flexibility index (Phi) is 6.23. The van der Waals surface area contributed by atoms with Crippen molar-refractivity contribution in [1.82, 2.24) is 4.90 Å². The summed E-state index contributed by atoms with van der Waals surface area (Å²) in [5.74, 6) is -3.11. The number of methoxy groups -OCH3 is 1. The molecule has 0 aromatic heterocycles. The average molecular weight is 300 g/mol. The van der Waals surface area contributed by atoms with Crippen LogP contribution in [0.15, 0.2) is 18.2 Å². The number of benzene rings is 1. The van der Waals surface area contributed by atoms with Gasteiger partial charge in [-0.2, -0.15) is 0 Å². The number of nitrogens with one attached hydrogen (secondary N) is 1. The highest BCUT2D eigenvalue weighted by atomic mass is 19.2. The van der Waals surface area contributed by atoms with Crippen LogP contribution in [0.2, 0.25) is 0 Å². The molecule has 116 valence electrons. The molecule has 1 aromatic rings. The van der Waals surface area contributed by atoms with Crippen molar-refractivity contribution < 1.29 is 23.1 Å². The second-order valence-corrected chi connectivity index (χ2v) is 4.80. The van der Waals surface area contributed by atoms with E-state index < -0.39 is 11.6 Å². The summed E-state index contributed by atoms with van der Waals surface area (Å²) in [7, 11) is 2.97. The van der Waals surface area contributed by atoms with E-state index >= 15 is 0 Å². The molecule has 0 bridgehead atoms. The quantitative estimate of drug-likeness (QED) is 0.812. The first-order chi connectivity index (χ1) is 9.83. The molecule has 1 atom stereocenters. The minimum atomic E-state index is -1.03. The van der Waals surface area contributed by atoms with E-state index in [1.54, 1.807) is 18.9 Å². The van der Waals surface area contributed by atoms with Crippen LogP contribution in [0.1, 0.15) is 6.92 Å². The number of carbonyl (C=O) groups is 2. The molecule has 5 nitrogen and oxygen atoms in total. The van der Waals surface area contributed by atoms with Crippen LogP contribution in [-0.2, 0) is 14.3 Å². The largest absolute Gasteiger partial charge is 0.469 e. The number of halogens is 2. The monoisotopic (exact) mass is 300 g/mol. The molecule has 0 radical (unpaired) electrons. The molecule has 7 heteroatoms. The zero-order valence-electron chi connectivity index (χ0n) is 12.2. The number of ether oxygens (including phenoxy) is 1. The van der Waals surface area contributed by atoms with E-state index in [9.17, 15) is 18.4 Å². The molecule has 1 rings (SSSR count). The minimum Gasteiger partial charge on any atom is -0.469 e. The molecule has 0 fully saturated rings. The van der Waals surface area contributed by atoms with Gasteiger partial charge in [0.15, 0.2) is 11.6 Å². The second kappa shape index (κ2) is 7.68. The average Bonchev–Trinajstić information content (AvgIpc) is 2.41. The fraction of sp³-hybridized carbons (Fsp3) is 0.429. The summed E-state index contributed by atoms with van der Waals surface area (Å²) in [6, 6.07) is 3.12. The van der Waals surface area contributed by atoms with Gasteiger partial charge < -0.3 is 10.1 Å². The van der Waals surface area contributed by atoms with Crippen LogP contribution in [0.3, 0.4) is 0 Å². The zero-order valence-corrected chi connectivity index (χ0v) is 12.2. The number of carbonyl (C=O) groups excluding carboxylic acids is 2. The first kappa shape index (κ1) is 17.0. The molecule has 0 spiro atoms. The summed E-state index contributed by atoms with van der Waals surface area (Å²) in [6.07, 6.45) is 0. The number of esters is 1. The van der Waals surface area contributed by atoms with Crippen LogP contribution < -0.4 is 5.32 Å². The lowest BCUT2D eigenvalue weighted by atomic mass is 10.2. The summed E-state index contributed by atoms with van der Waals surface area (Å²) in [5.41, 5.74) is 0.174. The Morgan fingerprint density at radius 2 is 2.00 bits per heavy atom. The van der Waals surface area contributed by atoms with E-state index in [1.807, 2.05) is 0 Å². The van der Waals surface area contributed by atoms with Gasteiger partial charge in [-0.3, -0.25) is 14.5 Å². The van der Waals surface area contributed by atoms with E-state index in [1.165, 1.54) is 13.2 Å². The molecule has 0 saturated heterocycles. The Balaban J connectivity index is 2.49. The molecule has 1 unspecified atom stereocenters. The fourth-order valence-electron chi connectivity index (χ4n) is 1.83. The predicted molar refractivity (Wildman–Crippen MR) is 73.7 cm³/mol. The molecule has 21 heavy (non-hydrogen) atoms. The minimum absolute atomic E-state index is 0.0142. The highest BCUT2D eigenvalue weighted by Crippen LogP contribution is 2.13. The highest BCUT2D eigenvalue weighted by molar-refractivity contribution is 5.92. The number of hydrogen-bond acceptors (Lipinski definition) is 4. The molecule has 0 aliphatic heterocycles. The van der Waals surface area contributed by atoms with Crippen LogP contribution in [0.25, 0.3) is 0 Å². The van der Waals surface area contributed by atoms with Crippen LogP contribution in [0.4, 0.5) is 14.5 Å². The number of anilines is 1. The lowest BCUT2D eigenvalue weighted by Gasteiger charge is -2.19. The highest BCUT2D eigenvalue weighted by Gasteiger charge is 2.17. The molecule has 1 N–H and O–H groups in total. The Bertz CT molecular complexity index is 523. The number of hydrogen-bond donors (Lipinski definition) is 1. The van der Waals surface area contributed by atoms with Gasteiger partial charge in [-0.05, 0) is 19.2 Å². The third-order valence-corrected chi connectivity index (χ3v) is 2.81. The third-order valence-electron chi connectivity index (χ3n) is 2.81. The number of nitrogens with zero attached hydrogens (tertiary/aromatic N) is 1. The summed E-state index contributed by atoms with van der Waals surface area (Å²) in [5, 5.41) is 2.45. The first-order valence-electron chi connectivity index (χ1n) is 6.34. The van der Waals surface area contributed by atoms with Crippen LogP contribution in [0.5, 0.6) is 0 Å². The lowest BCUT2D eigenvalue weighted by molar-refractivity contribution is -0.145. The van der Waals surface area contributed by atoms with E-state index in [2.05, 4.69) is 10.1 Å². The van der Waals surface area contributed by atoms with Crippen molar-refractivity contribution in [1.29, 1.82) is 0 Å². The topological polar surface area (TPSA) is 58.6 Å². The standard InChI is InChI=1S/C14H18F2N2O3/c1-9(14(20)21-3)7-18(2)8-13(19)17-10-4-5-11(15)12(16)6-10/h4-6,9H,7-8H2,1-3H3,(H,17,19). The normalized spacial score (nSPS) is 12.1. The van der Waals surface area contributed by atoms with Gasteiger partial charge >= 0.3 is 5.97 Å². The molecule has 0 aliphatic rings. The van der Waals surface area contributed by atoms with Crippen molar-refractivity contribution in [2.24, 2.45) is 5.92 Å². The van der Waals surface area contributed by atoms with Crippen molar-refractivity contribution >= 4 is 17.6 Å². The smallest absolute Gasteiger partial charge is 0.309 e. The van der Waals surface area contributed by atoms with Crippen LogP contribution in [0, 0.1) is 17.6 Å². The Labute approximate surface area is 121 Å². The van der Waals surface area contributed by atoms with Gasteiger partial charge in [-0.15, -0.1) is 0 Å². The van der Waals surface area contributed by atoms with Gasteiger partial charge in [0.2, 0.25) is 5.91 Å². The third kappa shape index (κ3) is 5.47. The molecule has 0 aliphatic carbocycles. The van der Waals surface area contributed by atoms with Crippen LogP contribution in [-0.4, -0.2) is 44.0 Å². The van der Waals surface area contributed by atoms with Gasteiger partial charge in [-0.25, -0.2) is 8.78 Å². The molecular formula is C14H18F2N2O3. The van der Waals surface area contributed by atoms with Crippen molar-refractivity contribution in [3.63, 3.8) is 0 Å². The molecule has 0 saturated carbocycles. The first-order valence-corrected chi connectivity index (χ1v) is 6.34. The van der Waals surface area contributed by atoms with Gasteiger partial charge in [0.1, 0.15) is 0 Å². The number of rotatable bonds is 6. The molecular weight excluding hydrogens is 282 g/mol. The van der Waals surface area contributed by atoms with Crippen molar-refractivity contribution in [2.75, 3.05) is 32.6 Å². The Morgan fingerprint density at radius 1 is 1.33 bits per heavy atom. The summed E-state index contributed by atoms with van der Waals surface area (Å²) < 4.78 is 30.4. The SMILES string of the molecule is COC(=O)C(C)CN(C)CC(=O)Nc1ccc(F)c(F)c1.